The summed E-state index contributed by atoms with van der Waals surface area (Å²) in [6.45, 7) is 7.38. The molecular weight excluding hydrogens is 538 g/mol. The van der Waals surface area contributed by atoms with Crippen LogP contribution >= 0.6 is 0 Å². The van der Waals surface area contributed by atoms with Gasteiger partial charge in [0.1, 0.15) is 0 Å². The minimum Gasteiger partial charge on any atom is -0.873 e. The van der Waals surface area contributed by atoms with Gasteiger partial charge in [0, 0.05) is 5.69 Å². The van der Waals surface area contributed by atoms with Crippen molar-refractivity contribution in [3.8, 4) is 17.2 Å². The predicted molar refractivity (Wildman–Crippen MR) is 151 cm³/mol. The minimum atomic E-state index is -0.00352. The molecule has 0 spiro atoms. The maximum absolute atomic E-state index is 11.3. The van der Waals surface area contributed by atoms with Crippen LogP contribution in [0.2, 0.25) is 0 Å². The molecule has 1 aromatic heterocycles. The molecule has 7 nitrogen and oxygen atoms in total. The van der Waals surface area contributed by atoms with E-state index in [0.717, 1.165) is 22.2 Å². The van der Waals surface area contributed by atoms with E-state index >= 15 is 0 Å². The van der Waals surface area contributed by atoms with E-state index in [1.54, 1.807) is 37.3 Å². The summed E-state index contributed by atoms with van der Waals surface area (Å²) in [6.07, 6.45) is 7.88. The molecule has 0 aliphatic carbocycles. The number of hydrogen-bond acceptors (Lipinski definition) is 5. The van der Waals surface area contributed by atoms with Gasteiger partial charge in [-0.15, -0.1) is 41.6 Å². The van der Waals surface area contributed by atoms with Gasteiger partial charge < -0.3 is 31.1 Å². The van der Waals surface area contributed by atoms with E-state index in [4.69, 9.17) is 5.11 Å². The molecule has 204 valence electrons. The molecule has 6 rings (SSSR count). The number of pyridine rings is 1. The topological polar surface area (TPSA) is 133 Å². The van der Waals surface area contributed by atoms with Gasteiger partial charge in [-0.05, 0) is 29.5 Å². The van der Waals surface area contributed by atoms with Gasteiger partial charge in [0.25, 0.3) is 0 Å². The van der Waals surface area contributed by atoms with Crippen LogP contribution < -0.4 is 20.4 Å². The quantitative estimate of drug-likeness (QED) is 0.264. The number of fused-ring (bicyclic) bond motifs is 3. The van der Waals surface area contributed by atoms with Crippen molar-refractivity contribution in [3.63, 3.8) is 0 Å². The van der Waals surface area contributed by atoms with E-state index in [1.165, 1.54) is 6.07 Å². The normalized spacial score (nSPS) is 15.5. The van der Waals surface area contributed by atoms with Crippen molar-refractivity contribution in [1.82, 2.24) is 4.98 Å². The second kappa shape index (κ2) is 15.7. The van der Waals surface area contributed by atoms with Crippen molar-refractivity contribution in [2.45, 2.75) is 39.8 Å². The van der Waals surface area contributed by atoms with E-state index in [-0.39, 0.29) is 57.7 Å². The van der Waals surface area contributed by atoms with Gasteiger partial charge in [0.2, 0.25) is 0 Å². The molecule has 2 atom stereocenters. The number of para-hydroxylation sites is 3. The monoisotopic (exact) mass is 569 g/mol. The number of rotatable bonds is 0. The van der Waals surface area contributed by atoms with Gasteiger partial charge in [-0.2, -0.15) is 0 Å². The third-order valence-electron chi connectivity index (χ3n) is 5.66. The zero-order valence-electron chi connectivity index (χ0n) is 23.0. The summed E-state index contributed by atoms with van der Waals surface area (Å²) in [4.78, 5) is 4.16. The maximum Gasteiger partial charge on any atom is 4.00 e. The van der Waals surface area contributed by atoms with Crippen molar-refractivity contribution < 1.29 is 42.1 Å². The van der Waals surface area contributed by atoms with Crippen molar-refractivity contribution in [2.24, 2.45) is 0 Å². The maximum atomic E-state index is 11.3. The number of aromatic nitrogens is 1. The first-order valence-corrected chi connectivity index (χ1v) is 12.7. The molecule has 40 heavy (non-hydrogen) atoms. The van der Waals surface area contributed by atoms with Crippen LogP contribution in [0.15, 0.2) is 78.9 Å². The fourth-order valence-corrected chi connectivity index (χ4v) is 3.82. The molecule has 0 amide bonds. The molecule has 0 fully saturated rings. The van der Waals surface area contributed by atoms with Crippen molar-refractivity contribution in [1.29, 1.82) is 0 Å². The number of aryl methyl sites for hydroxylation is 1. The minimum absolute atomic E-state index is 0. The number of hydrogen-bond donors (Lipinski definition) is 0. The van der Waals surface area contributed by atoms with Crippen LogP contribution in [0.25, 0.3) is 33.7 Å². The second-order valence-electron chi connectivity index (χ2n) is 8.91. The second-order valence-corrected chi connectivity index (χ2v) is 8.91. The Morgan fingerprint density at radius 1 is 0.700 bits per heavy atom. The summed E-state index contributed by atoms with van der Waals surface area (Å²) in [6, 6.07) is 19.7. The van der Waals surface area contributed by atoms with Crippen molar-refractivity contribution in [3.05, 3.63) is 106 Å². The average Bonchev–Trinajstić information content (AvgIpc) is 2.92. The van der Waals surface area contributed by atoms with Gasteiger partial charge >= 0.3 is 21.7 Å². The van der Waals surface area contributed by atoms with E-state index in [1.807, 2.05) is 75.4 Å². The van der Waals surface area contributed by atoms with Gasteiger partial charge in [0.15, 0.2) is 0 Å². The largest absolute Gasteiger partial charge is 4.00 e. The summed E-state index contributed by atoms with van der Waals surface area (Å²) in [7, 11) is 0. The predicted octanol–water partition coefficient (Wildman–Crippen LogP) is 5.34. The third kappa shape index (κ3) is 8.88. The van der Waals surface area contributed by atoms with Crippen molar-refractivity contribution in [2.75, 3.05) is 6.61 Å². The molecule has 0 radical (unpaired) electrons. The fraction of sp³-hybridized carbons (Fsp3) is 0.219. The van der Waals surface area contributed by atoms with E-state index in [0.29, 0.717) is 16.9 Å². The molecule has 3 aromatic carbocycles. The first-order valence-electron chi connectivity index (χ1n) is 12.7. The van der Waals surface area contributed by atoms with Gasteiger partial charge in [-0.1, -0.05) is 111 Å². The van der Waals surface area contributed by atoms with Crippen LogP contribution in [-0.2, 0) is 21.7 Å². The fourth-order valence-electron chi connectivity index (χ4n) is 3.82. The van der Waals surface area contributed by atoms with E-state index in [9.17, 15) is 15.3 Å². The zero-order valence-corrected chi connectivity index (χ0v) is 24.6. The third-order valence-corrected chi connectivity index (χ3v) is 5.66. The molecule has 2 aliphatic rings. The summed E-state index contributed by atoms with van der Waals surface area (Å²) in [5.41, 5.74) is 4.52. The molecule has 0 N–H and O–H groups in total. The molecule has 8 heteroatoms. The Kier molecular flexibility index (Phi) is 12.8. The summed E-state index contributed by atoms with van der Waals surface area (Å²) in [5.74, 6) is 0.0311. The van der Waals surface area contributed by atoms with Gasteiger partial charge in [0.05, 0.1) is 5.52 Å². The average molecular weight is 569 g/mol. The smallest absolute Gasteiger partial charge is 0.873 e. The Morgan fingerprint density at radius 2 is 1.15 bits per heavy atom. The van der Waals surface area contributed by atoms with Gasteiger partial charge in [-0.25, -0.2) is 0 Å². The van der Waals surface area contributed by atoms with Crippen LogP contribution in [-0.4, -0.2) is 23.7 Å². The Morgan fingerprint density at radius 3 is 1.65 bits per heavy atom. The molecule has 0 bridgehead atoms. The van der Waals surface area contributed by atoms with Crippen LogP contribution in [0.5, 0.6) is 17.2 Å². The Balaban J connectivity index is 0.000000198. The zero-order chi connectivity index (χ0) is 28.4. The van der Waals surface area contributed by atoms with E-state index < -0.39 is 0 Å². The number of benzene rings is 3. The molecule has 0 saturated heterocycles. The van der Waals surface area contributed by atoms with Gasteiger partial charge in [-0.3, -0.25) is 4.98 Å². The molecule has 3 heterocycles. The molecule has 2 unspecified atom stereocenters. The first kappa shape index (κ1) is 32.4. The molecule has 2 aliphatic heterocycles. The summed E-state index contributed by atoms with van der Waals surface area (Å²) < 4.78 is 0. The Labute approximate surface area is 250 Å². The Hall–Kier alpha value is -3.78. The van der Waals surface area contributed by atoms with Crippen LogP contribution in [0.4, 0.5) is 11.4 Å². The SMILES string of the molecule is CC1C=Cc2cccc([O-])c2[N-]1.CC1C=Cc2cccc([O-])c2[N-]1.CC[O-].Cc1ccc2cccc([O-])c2n1.[Ti+4]. The standard InChI is InChI=1S/2C10H10NO.C10H9NO.C2H5O.Ti/c3*1-7-5-6-8-3-2-4-9(12)10(8)11-7;1-2-3;/h2*2-7,12H,1H3;2-6,12H,1H3;2H2,1H3;/q2*-1;;-1;+4/p-3. The molecule has 4 aromatic rings. The van der Waals surface area contributed by atoms with Crippen LogP contribution in [0.3, 0.4) is 0 Å². The number of nitrogens with zero attached hydrogens (tertiary/aromatic N) is 3. The molecular formula is C32H31N3O4Ti-2. The summed E-state index contributed by atoms with van der Waals surface area (Å²) >= 11 is 0. The summed E-state index contributed by atoms with van der Waals surface area (Å²) in [5, 5.41) is 52.2. The van der Waals surface area contributed by atoms with E-state index in [2.05, 4.69) is 15.6 Å². The van der Waals surface area contributed by atoms with Crippen molar-refractivity contribution >= 4 is 34.4 Å². The molecule has 0 saturated carbocycles. The van der Waals surface area contributed by atoms with Crippen LogP contribution in [0.1, 0.15) is 37.6 Å². The Bertz CT molecular complexity index is 1390. The first-order chi connectivity index (χ1) is 18.7. The van der Waals surface area contributed by atoms with Crippen LogP contribution in [0, 0.1) is 6.92 Å².